The smallest absolute Gasteiger partial charge is 0.328 e. The van der Waals surface area contributed by atoms with Gasteiger partial charge in [0.1, 0.15) is 0 Å². The number of rotatable bonds is 5. The van der Waals surface area contributed by atoms with Crippen molar-refractivity contribution in [3.05, 3.63) is 0 Å². The quantitative estimate of drug-likeness (QED) is 0.719. The molecule has 1 saturated carbocycles. The first-order valence-electron chi connectivity index (χ1n) is 8.95. The van der Waals surface area contributed by atoms with Crippen molar-refractivity contribution in [2.75, 3.05) is 19.8 Å². The summed E-state index contributed by atoms with van der Waals surface area (Å²) in [5.74, 6) is 0.782. The van der Waals surface area contributed by atoms with Crippen LogP contribution in [-0.2, 0) is 4.74 Å². The second-order valence-corrected chi connectivity index (χ2v) is 6.79. The highest BCUT2D eigenvalue weighted by Gasteiger charge is 2.36. The van der Waals surface area contributed by atoms with Gasteiger partial charge in [0.15, 0.2) is 6.29 Å². The van der Waals surface area contributed by atoms with E-state index in [2.05, 4.69) is 16.0 Å². The molecule has 7 heteroatoms. The highest BCUT2D eigenvalue weighted by atomic mass is 16.5. The van der Waals surface area contributed by atoms with Crippen molar-refractivity contribution >= 4 is 12.1 Å². The fourth-order valence-electron chi connectivity index (χ4n) is 3.80. The molecule has 2 heterocycles. The molecule has 2 aliphatic heterocycles. The van der Waals surface area contributed by atoms with Crippen LogP contribution in [0.15, 0.2) is 0 Å². The van der Waals surface area contributed by atoms with E-state index < -0.39 is 6.29 Å². The van der Waals surface area contributed by atoms with E-state index in [1.807, 2.05) is 0 Å². The number of amides is 4. The summed E-state index contributed by atoms with van der Waals surface area (Å²) in [6, 6.07) is -0.682. The van der Waals surface area contributed by atoms with Crippen LogP contribution in [0, 0.1) is 5.92 Å². The molecule has 0 radical (unpaired) electrons. The third kappa shape index (κ3) is 4.35. The molecule has 0 aromatic heterocycles. The van der Waals surface area contributed by atoms with Gasteiger partial charge in [0.2, 0.25) is 0 Å². The largest absolute Gasteiger partial charge is 0.381 e. The lowest BCUT2D eigenvalue weighted by Crippen LogP contribution is -2.70. The summed E-state index contributed by atoms with van der Waals surface area (Å²) in [7, 11) is 0. The molecular weight excluding hydrogens is 296 g/mol. The minimum Gasteiger partial charge on any atom is -0.381 e. The monoisotopic (exact) mass is 324 g/mol. The van der Waals surface area contributed by atoms with E-state index in [1.165, 1.54) is 37.0 Å². The van der Waals surface area contributed by atoms with Crippen molar-refractivity contribution < 1.29 is 14.3 Å². The molecule has 7 nitrogen and oxygen atoms in total. The summed E-state index contributed by atoms with van der Waals surface area (Å²) in [5.41, 5.74) is 0. The van der Waals surface area contributed by atoms with Crippen LogP contribution in [0.5, 0.6) is 0 Å². The van der Waals surface area contributed by atoms with Gasteiger partial charge in [-0.2, -0.15) is 0 Å². The molecule has 3 rings (SSSR count). The van der Waals surface area contributed by atoms with Gasteiger partial charge in [-0.1, -0.05) is 32.1 Å². The van der Waals surface area contributed by atoms with Gasteiger partial charge in [-0.15, -0.1) is 0 Å². The predicted octanol–water partition coefficient (Wildman–Crippen LogP) is 1.74. The Bertz CT molecular complexity index is 402. The van der Waals surface area contributed by atoms with Gasteiger partial charge in [-0.25, -0.2) is 14.5 Å². The Hall–Kier alpha value is -1.34. The maximum absolute atomic E-state index is 12.3. The zero-order chi connectivity index (χ0) is 16.1. The Kier molecular flexibility index (Phi) is 5.72. The van der Waals surface area contributed by atoms with E-state index in [9.17, 15) is 9.59 Å². The number of carbonyl (C=O) groups excluding carboxylic acids is 2. The SMILES string of the molecule is O=C1NC(NCCC2CCCCC2)NC(=O)N1C1CCOCC1. The normalized spacial score (nSPS) is 25.3. The van der Waals surface area contributed by atoms with Gasteiger partial charge in [-0.3, -0.25) is 5.32 Å². The third-order valence-corrected chi connectivity index (χ3v) is 5.15. The first-order chi connectivity index (χ1) is 11.2. The van der Waals surface area contributed by atoms with Gasteiger partial charge in [0, 0.05) is 19.3 Å². The average Bonchev–Trinajstić information content (AvgIpc) is 2.56. The second kappa shape index (κ2) is 7.97. The zero-order valence-corrected chi connectivity index (χ0v) is 13.7. The van der Waals surface area contributed by atoms with Crippen LogP contribution in [-0.4, -0.2) is 49.1 Å². The lowest BCUT2D eigenvalue weighted by Gasteiger charge is -2.38. The Labute approximate surface area is 137 Å². The topological polar surface area (TPSA) is 82.7 Å². The summed E-state index contributed by atoms with van der Waals surface area (Å²) in [4.78, 5) is 25.8. The number of ether oxygens (including phenoxy) is 1. The predicted molar refractivity (Wildman–Crippen MR) is 85.7 cm³/mol. The molecule has 130 valence electrons. The molecule has 0 aromatic carbocycles. The van der Waals surface area contributed by atoms with Gasteiger partial charge in [-0.05, 0) is 31.7 Å². The molecule has 3 fully saturated rings. The third-order valence-electron chi connectivity index (χ3n) is 5.15. The van der Waals surface area contributed by atoms with Crippen LogP contribution in [0.4, 0.5) is 9.59 Å². The van der Waals surface area contributed by atoms with Crippen molar-refractivity contribution in [1.82, 2.24) is 20.9 Å². The molecule has 3 N–H and O–H groups in total. The van der Waals surface area contributed by atoms with E-state index in [0.29, 0.717) is 26.1 Å². The number of nitrogens with one attached hydrogen (secondary N) is 3. The van der Waals surface area contributed by atoms with E-state index in [-0.39, 0.29) is 18.1 Å². The van der Waals surface area contributed by atoms with Crippen LogP contribution >= 0.6 is 0 Å². The maximum Gasteiger partial charge on any atom is 0.328 e. The fourth-order valence-corrected chi connectivity index (χ4v) is 3.80. The van der Waals surface area contributed by atoms with Crippen LogP contribution < -0.4 is 16.0 Å². The summed E-state index contributed by atoms with van der Waals surface area (Å²) in [6.45, 7) is 2.02. The fraction of sp³-hybridized carbons (Fsp3) is 0.875. The molecule has 0 unspecified atom stereocenters. The maximum atomic E-state index is 12.3. The summed E-state index contributed by atoms with van der Waals surface area (Å²) >= 11 is 0. The number of imide groups is 1. The molecule has 0 aromatic rings. The van der Waals surface area contributed by atoms with Gasteiger partial charge in [0.05, 0.1) is 0 Å². The number of hydrogen-bond donors (Lipinski definition) is 3. The molecule has 23 heavy (non-hydrogen) atoms. The Morgan fingerprint density at radius 2 is 1.65 bits per heavy atom. The number of carbonyl (C=O) groups is 2. The Balaban J connectivity index is 1.43. The van der Waals surface area contributed by atoms with Crippen molar-refractivity contribution in [1.29, 1.82) is 0 Å². The van der Waals surface area contributed by atoms with Crippen LogP contribution in [0.1, 0.15) is 51.4 Å². The zero-order valence-electron chi connectivity index (χ0n) is 13.7. The molecule has 0 bridgehead atoms. The lowest BCUT2D eigenvalue weighted by molar-refractivity contribution is 0.0494. The van der Waals surface area contributed by atoms with E-state index in [4.69, 9.17) is 4.74 Å². The van der Waals surface area contributed by atoms with Gasteiger partial charge >= 0.3 is 12.1 Å². The minimum atomic E-state index is -0.463. The van der Waals surface area contributed by atoms with Crippen LogP contribution in [0.2, 0.25) is 0 Å². The molecule has 0 spiro atoms. The first kappa shape index (κ1) is 16.5. The van der Waals surface area contributed by atoms with Crippen molar-refractivity contribution in [2.24, 2.45) is 5.92 Å². The summed E-state index contributed by atoms with van der Waals surface area (Å²) < 4.78 is 5.29. The van der Waals surface area contributed by atoms with Crippen LogP contribution in [0.3, 0.4) is 0 Å². The van der Waals surface area contributed by atoms with Crippen molar-refractivity contribution in [2.45, 2.75) is 63.7 Å². The minimum absolute atomic E-state index is 0.0630. The van der Waals surface area contributed by atoms with E-state index >= 15 is 0 Å². The average molecular weight is 324 g/mol. The molecular formula is C16H28N4O3. The number of nitrogens with zero attached hydrogens (tertiary/aromatic N) is 1. The number of hydrogen-bond acceptors (Lipinski definition) is 4. The second-order valence-electron chi connectivity index (χ2n) is 6.79. The lowest BCUT2D eigenvalue weighted by atomic mass is 9.87. The molecule has 2 saturated heterocycles. The highest BCUT2D eigenvalue weighted by molar-refractivity contribution is 5.96. The van der Waals surface area contributed by atoms with E-state index in [0.717, 1.165) is 18.9 Å². The van der Waals surface area contributed by atoms with Crippen LogP contribution in [0.25, 0.3) is 0 Å². The summed E-state index contributed by atoms with van der Waals surface area (Å²) in [5, 5.41) is 8.91. The molecule has 3 aliphatic rings. The summed E-state index contributed by atoms with van der Waals surface area (Å²) in [6.07, 6.45) is 8.71. The van der Waals surface area contributed by atoms with Gasteiger partial charge in [0.25, 0.3) is 0 Å². The van der Waals surface area contributed by atoms with Crippen molar-refractivity contribution in [3.63, 3.8) is 0 Å². The molecule has 1 aliphatic carbocycles. The molecule has 0 atom stereocenters. The Morgan fingerprint density at radius 1 is 1.00 bits per heavy atom. The first-order valence-corrected chi connectivity index (χ1v) is 8.95. The highest BCUT2D eigenvalue weighted by Crippen LogP contribution is 2.25. The van der Waals surface area contributed by atoms with E-state index in [1.54, 1.807) is 0 Å². The number of urea groups is 2. The molecule has 4 amide bonds. The van der Waals surface area contributed by atoms with Gasteiger partial charge < -0.3 is 15.4 Å². The Morgan fingerprint density at radius 3 is 2.30 bits per heavy atom. The van der Waals surface area contributed by atoms with Crippen molar-refractivity contribution in [3.8, 4) is 0 Å². The standard InChI is InChI=1S/C16H28N4O3/c21-15-18-14(17-9-6-12-4-2-1-3-5-12)19-16(22)20(15)13-7-10-23-11-8-13/h12-14,17H,1-11H2,(H,18,21)(H,19,22).